The summed E-state index contributed by atoms with van der Waals surface area (Å²) in [5.41, 5.74) is -1.73. The van der Waals surface area contributed by atoms with Crippen LogP contribution in [-0.2, 0) is 5.41 Å². The first-order valence-electron chi connectivity index (χ1n) is 12.9. The predicted molar refractivity (Wildman–Crippen MR) is 130 cm³/mol. The van der Waals surface area contributed by atoms with Crippen LogP contribution in [0.3, 0.4) is 0 Å². The number of rotatable bonds is 7. The highest BCUT2D eigenvalue weighted by Crippen LogP contribution is 2.36. The minimum absolute atomic E-state index is 0.0247. The van der Waals surface area contributed by atoms with Crippen molar-refractivity contribution in [3.8, 4) is 17.7 Å². The summed E-state index contributed by atoms with van der Waals surface area (Å²) in [6.45, 7) is 0.400. The number of ether oxygens (including phenoxy) is 2. The molecule has 0 bridgehead atoms. The average molecular weight is 528 g/mol. The van der Waals surface area contributed by atoms with Gasteiger partial charge in [0.1, 0.15) is 17.4 Å². The molecule has 2 atom stereocenters. The molecule has 2 heterocycles. The van der Waals surface area contributed by atoms with Gasteiger partial charge in [0.2, 0.25) is 5.88 Å². The number of pyridine rings is 1. The van der Waals surface area contributed by atoms with Crippen molar-refractivity contribution in [3.63, 3.8) is 0 Å². The second kappa shape index (κ2) is 10.9. The molecule has 2 N–H and O–H groups in total. The molecule has 1 aliphatic heterocycles. The average Bonchev–Trinajstić information content (AvgIpc) is 2.92. The molecule has 0 unspecified atom stereocenters. The van der Waals surface area contributed by atoms with Gasteiger partial charge in [0.25, 0.3) is 5.91 Å². The number of aromatic nitrogens is 1. The number of carbonyl (C=O) groups excluding carboxylic acids is 2. The third kappa shape index (κ3) is 5.31. The monoisotopic (exact) mass is 527 g/mol. The third-order valence-electron chi connectivity index (χ3n) is 6.30. The molecular formula is C27H23F3N4O4. The first kappa shape index (κ1) is 22.7. The number of carbonyl (C=O) groups is 2. The Labute approximate surface area is 220 Å². The smallest absolute Gasteiger partial charge is 0.480 e. The van der Waals surface area contributed by atoms with Gasteiger partial charge in [-0.05, 0) is 36.7 Å². The highest BCUT2D eigenvalue weighted by molar-refractivity contribution is 6.06. The van der Waals surface area contributed by atoms with Crippen molar-refractivity contribution in [2.75, 3.05) is 20.1 Å². The molecule has 8 nitrogen and oxygen atoms in total. The van der Waals surface area contributed by atoms with E-state index in [1.165, 1.54) is 18.2 Å². The van der Waals surface area contributed by atoms with Crippen LogP contribution in [-0.4, -0.2) is 49.2 Å². The number of nitriles is 1. The lowest BCUT2D eigenvalue weighted by Crippen LogP contribution is -2.63. The number of hydrogen-bond acceptors (Lipinski definition) is 7. The maximum atomic E-state index is 14.3. The molecule has 3 aromatic rings. The van der Waals surface area contributed by atoms with Crippen LogP contribution in [0.4, 0.5) is 13.2 Å². The summed E-state index contributed by atoms with van der Waals surface area (Å²) in [5.74, 6) is -2.63. The van der Waals surface area contributed by atoms with E-state index in [4.69, 9.17) is 8.85 Å². The van der Waals surface area contributed by atoms with Gasteiger partial charge in [0.05, 0.1) is 22.1 Å². The van der Waals surface area contributed by atoms with Gasteiger partial charge in [-0.25, -0.2) is 4.98 Å². The van der Waals surface area contributed by atoms with Crippen molar-refractivity contribution in [1.82, 2.24) is 15.6 Å². The van der Waals surface area contributed by atoms with Crippen LogP contribution in [0.1, 0.15) is 42.4 Å². The summed E-state index contributed by atoms with van der Waals surface area (Å²) < 4.78 is 69.6. The molecule has 0 spiro atoms. The predicted octanol–water partition coefficient (Wildman–Crippen LogP) is 3.77. The van der Waals surface area contributed by atoms with Crippen LogP contribution in [0.5, 0.6) is 11.6 Å². The van der Waals surface area contributed by atoms with Crippen molar-refractivity contribution in [3.05, 3.63) is 89.1 Å². The SMILES string of the molecule is [2H]C([2H])([2H])Oc1ncc(C(=O)[C@@]2(c3ccccc3)CNCC[C@H]2NC(=O)c2ccccc2OC(F)(F)F)cc1C#N. The van der Waals surface area contributed by atoms with Gasteiger partial charge in [-0.3, -0.25) is 9.59 Å². The number of para-hydroxylation sites is 1. The number of methoxy groups -OCH3 is 1. The number of benzene rings is 2. The Morgan fingerprint density at radius 1 is 1.21 bits per heavy atom. The molecule has 2 aromatic carbocycles. The molecule has 196 valence electrons. The fraction of sp³-hybridized carbons (Fsp3) is 0.259. The van der Waals surface area contributed by atoms with Gasteiger partial charge in [-0.15, -0.1) is 13.2 Å². The Hall–Kier alpha value is -4.43. The number of nitrogens with one attached hydrogen (secondary N) is 2. The van der Waals surface area contributed by atoms with E-state index >= 15 is 0 Å². The summed E-state index contributed by atoms with van der Waals surface area (Å²) in [6, 6.07) is 15.3. The normalized spacial score (nSPS) is 20.7. The van der Waals surface area contributed by atoms with Gasteiger partial charge in [0.15, 0.2) is 5.78 Å². The second-order valence-electron chi connectivity index (χ2n) is 8.49. The van der Waals surface area contributed by atoms with Crippen molar-refractivity contribution < 1.29 is 36.3 Å². The van der Waals surface area contributed by atoms with E-state index in [0.29, 0.717) is 12.1 Å². The van der Waals surface area contributed by atoms with E-state index < -0.39 is 48.2 Å². The molecule has 11 heteroatoms. The third-order valence-corrected chi connectivity index (χ3v) is 6.30. The van der Waals surface area contributed by atoms with Crippen LogP contribution >= 0.6 is 0 Å². The highest BCUT2D eigenvalue weighted by atomic mass is 19.4. The number of piperidine rings is 1. The van der Waals surface area contributed by atoms with Crippen LogP contribution < -0.4 is 20.1 Å². The number of hydrogen-bond donors (Lipinski definition) is 2. The minimum atomic E-state index is -5.03. The largest absolute Gasteiger partial charge is 0.573 e. The maximum absolute atomic E-state index is 14.3. The van der Waals surface area contributed by atoms with E-state index in [-0.39, 0.29) is 29.7 Å². The highest BCUT2D eigenvalue weighted by Gasteiger charge is 2.50. The summed E-state index contributed by atoms with van der Waals surface area (Å²) in [4.78, 5) is 31.6. The van der Waals surface area contributed by atoms with Crippen LogP contribution in [0.2, 0.25) is 0 Å². The second-order valence-corrected chi connectivity index (χ2v) is 8.49. The molecule has 1 saturated heterocycles. The summed E-state index contributed by atoms with van der Waals surface area (Å²) in [5, 5.41) is 15.5. The Bertz CT molecular complexity index is 1480. The molecule has 1 aromatic heterocycles. The fourth-order valence-corrected chi connectivity index (χ4v) is 4.60. The van der Waals surface area contributed by atoms with Crippen molar-refractivity contribution >= 4 is 11.7 Å². The quantitative estimate of drug-likeness (QED) is 0.450. The molecule has 1 fully saturated rings. The van der Waals surface area contributed by atoms with E-state index in [0.717, 1.165) is 18.3 Å². The van der Waals surface area contributed by atoms with E-state index in [9.17, 15) is 28.0 Å². The Balaban J connectivity index is 1.77. The van der Waals surface area contributed by atoms with Crippen LogP contribution in [0, 0.1) is 11.3 Å². The zero-order chi connectivity index (χ0) is 29.8. The zero-order valence-electron chi connectivity index (χ0n) is 22.7. The molecule has 0 saturated carbocycles. The Morgan fingerprint density at radius 3 is 2.66 bits per heavy atom. The van der Waals surface area contributed by atoms with Gasteiger partial charge < -0.3 is 20.1 Å². The van der Waals surface area contributed by atoms with E-state index in [1.54, 1.807) is 36.4 Å². The van der Waals surface area contributed by atoms with Crippen molar-refractivity contribution in [2.24, 2.45) is 0 Å². The lowest BCUT2D eigenvalue weighted by molar-refractivity contribution is -0.274. The molecule has 0 radical (unpaired) electrons. The van der Waals surface area contributed by atoms with Gasteiger partial charge in [-0.2, -0.15) is 5.26 Å². The van der Waals surface area contributed by atoms with Gasteiger partial charge in [-0.1, -0.05) is 42.5 Å². The fourth-order valence-electron chi connectivity index (χ4n) is 4.60. The minimum Gasteiger partial charge on any atom is -0.480 e. The lowest BCUT2D eigenvalue weighted by Gasteiger charge is -2.44. The van der Waals surface area contributed by atoms with Gasteiger partial charge in [0, 0.05) is 24.3 Å². The maximum Gasteiger partial charge on any atom is 0.573 e. The summed E-state index contributed by atoms with van der Waals surface area (Å²) in [7, 11) is -2.88. The first-order valence-corrected chi connectivity index (χ1v) is 11.4. The van der Waals surface area contributed by atoms with Crippen LogP contribution in [0.25, 0.3) is 0 Å². The number of amides is 1. The zero-order valence-corrected chi connectivity index (χ0v) is 19.7. The Morgan fingerprint density at radius 2 is 1.95 bits per heavy atom. The molecule has 38 heavy (non-hydrogen) atoms. The number of ketones is 1. The van der Waals surface area contributed by atoms with Crippen molar-refractivity contribution in [1.29, 1.82) is 5.26 Å². The van der Waals surface area contributed by atoms with Gasteiger partial charge >= 0.3 is 6.36 Å². The Kier molecular flexibility index (Phi) is 6.52. The number of alkyl halides is 3. The number of Topliss-reactive ketones (excluding diaryl/α,β-unsaturated/α-hetero) is 1. The van der Waals surface area contributed by atoms with Crippen molar-refractivity contribution in [2.45, 2.75) is 24.2 Å². The van der Waals surface area contributed by atoms with E-state index in [1.807, 2.05) is 0 Å². The standard InChI is InChI=1S/C27H23F3N4O4/c1-37-25-17(14-31)13-18(15-33-25)23(35)26(19-7-3-2-4-8-19)16-32-12-11-22(26)34-24(36)20-9-5-6-10-21(20)38-27(28,29)30/h2-10,13,15,22,32H,11-12,16H2,1H3,(H,34,36)/t22-,26-/m1/s1/i1D3. The lowest BCUT2D eigenvalue weighted by atomic mass is 9.66. The molecule has 4 rings (SSSR count). The van der Waals surface area contributed by atoms with E-state index in [2.05, 4.69) is 20.4 Å². The topological polar surface area (TPSA) is 113 Å². The molecule has 1 aliphatic rings. The molecule has 1 amide bonds. The van der Waals surface area contributed by atoms with Crippen LogP contribution in [0.15, 0.2) is 66.9 Å². The number of nitrogens with zero attached hydrogens (tertiary/aromatic N) is 2. The first-order chi connectivity index (χ1) is 19.3. The summed E-state index contributed by atoms with van der Waals surface area (Å²) in [6.07, 6.45) is -3.74. The summed E-state index contributed by atoms with van der Waals surface area (Å²) >= 11 is 0. The number of halogens is 3. The molecular weight excluding hydrogens is 501 g/mol. The molecule has 0 aliphatic carbocycles.